The van der Waals surface area contributed by atoms with Crippen LogP contribution in [0, 0.1) is 17.7 Å². The lowest BCUT2D eigenvalue weighted by atomic mass is 9.95. The fraction of sp³-hybridized carbons (Fsp3) is 0.538. The van der Waals surface area contributed by atoms with Crippen LogP contribution in [0.15, 0.2) is 24.3 Å². The van der Waals surface area contributed by atoms with Gasteiger partial charge in [0.1, 0.15) is 5.82 Å². The third kappa shape index (κ3) is 1.96. The molecule has 0 radical (unpaired) electrons. The Hall–Kier alpha value is -0.600. The Balaban J connectivity index is 0.000000963. The highest BCUT2D eigenvalue weighted by Gasteiger charge is 2.38. The average Bonchev–Trinajstić information content (AvgIpc) is 2.77. The van der Waals surface area contributed by atoms with Crippen LogP contribution in [0.4, 0.5) is 4.39 Å². The van der Waals surface area contributed by atoms with Gasteiger partial charge in [0.05, 0.1) is 0 Å². The number of hydrogen-bond donors (Lipinski definition) is 1. The van der Waals surface area contributed by atoms with E-state index >= 15 is 0 Å². The van der Waals surface area contributed by atoms with Crippen LogP contribution in [-0.4, -0.2) is 13.1 Å². The maximum absolute atomic E-state index is 13.6. The zero-order valence-corrected chi connectivity index (χ0v) is 9.97. The fourth-order valence-corrected chi connectivity index (χ4v) is 3.23. The molecule has 16 heavy (non-hydrogen) atoms. The Kier molecular flexibility index (Phi) is 3.50. The van der Waals surface area contributed by atoms with E-state index in [0.717, 1.165) is 30.5 Å². The van der Waals surface area contributed by atoms with Crippen molar-refractivity contribution in [1.29, 1.82) is 0 Å². The molecular formula is C13H17ClFN. The number of fused-ring (bicyclic) bond motifs is 1. The minimum atomic E-state index is -0.0181. The third-order valence-electron chi connectivity index (χ3n) is 4.00. The van der Waals surface area contributed by atoms with Gasteiger partial charge in [-0.3, -0.25) is 0 Å². The van der Waals surface area contributed by atoms with E-state index in [1.165, 1.54) is 12.8 Å². The predicted molar refractivity (Wildman–Crippen MR) is 65.5 cm³/mol. The highest BCUT2D eigenvalue weighted by Crippen LogP contribution is 2.44. The molecule has 3 rings (SSSR count). The highest BCUT2D eigenvalue weighted by molar-refractivity contribution is 5.85. The van der Waals surface area contributed by atoms with Crippen molar-refractivity contribution in [3.8, 4) is 0 Å². The molecule has 0 amide bonds. The van der Waals surface area contributed by atoms with Crippen LogP contribution in [0.3, 0.4) is 0 Å². The Morgan fingerprint density at radius 3 is 2.31 bits per heavy atom. The molecule has 1 heterocycles. The Morgan fingerprint density at radius 2 is 1.69 bits per heavy atom. The smallest absolute Gasteiger partial charge is 0.126 e. The van der Waals surface area contributed by atoms with Gasteiger partial charge in [-0.1, -0.05) is 18.2 Å². The standard InChI is InChI=1S/C13H16FN.ClH/c14-13-4-2-1-3-12(13)9-5-10-7-15-8-11(10)6-9;/h1-4,9-11,15H,5-8H2;1H/t9-,10-,11?;/m1./s1. The quantitative estimate of drug-likeness (QED) is 0.797. The van der Waals surface area contributed by atoms with Crippen molar-refractivity contribution in [3.05, 3.63) is 35.6 Å². The number of benzene rings is 1. The van der Waals surface area contributed by atoms with Crippen LogP contribution in [0.5, 0.6) is 0 Å². The van der Waals surface area contributed by atoms with Crippen LogP contribution in [0.25, 0.3) is 0 Å². The molecule has 2 aliphatic rings. The number of rotatable bonds is 1. The Bertz CT molecular complexity index is 357. The largest absolute Gasteiger partial charge is 0.316 e. The second-order valence-electron chi connectivity index (χ2n) is 4.87. The molecule has 0 bridgehead atoms. The van der Waals surface area contributed by atoms with Crippen molar-refractivity contribution in [2.24, 2.45) is 11.8 Å². The van der Waals surface area contributed by atoms with E-state index in [4.69, 9.17) is 0 Å². The van der Waals surface area contributed by atoms with Gasteiger partial charge < -0.3 is 5.32 Å². The van der Waals surface area contributed by atoms with E-state index in [1.807, 2.05) is 12.1 Å². The van der Waals surface area contributed by atoms with Crippen molar-refractivity contribution in [2.75, 3.05) is 13.1 Å². The Labute approximate surface area is 102 Å². The summed E-state index contributed by atoms with van der Waals surface area (Å²) in [5.74, 6) is 2.02. The normalized spacial score (nSPS) is 32.2. The first-order valence-electron chi connectivity index (χ1n) is 5.79. The molecule has 0 aromatic heterocycles. The molecule has 1 saturated carbocycles. The molecule has 2 fully saturated rings. The van der Waals surface area contributed by atoms with Gasteiger partial charge in [-0.15, -0.1) is 12.4 Å². The van der Waals surface area contributed by atoms with E-state index in [2.05, 4.69) is 5.32 Å². The van der Waals surface area contributed by atoms with E-state index in [-0.39, 0.29) is 18.2 Å². The first kappa shape index (κ1) is 11.9. The van der Waals surface area contributed by atoms with E-state index in [9.17, 15) is 4.39 Å². The van der Waals surface area contributed by atoms with Crippen molar-refractivity contribution in [1.82, 2.24) is 5.32 Å². The van der Waals surface area contributed by atoms with Crippen molar-refractivity contribution >= 4 is 12.4 Å². The van der Waals surface area contributed by atoms with Gasteiger partial charge in [-0.05, 0) is 55.3 Å². The third-order valence-corrected chi connectivity index (χ3v) is 4.00. The molecule has 1 aromatic carbocycles. The monoisotopic (exact) mass is 241 g/mol. The summed E-state index contributed by atoms with van der Waals surface area (Å²) >= 11 is 0. The fourth-order valence-electron chi connectivity index (χ4n) is 3.23. The van der Waals surface area contributed by atoms with E-state index < -0.39 is 0 Å². The number of halogens is 2. The first-order valence-corrected chi connectivity index (χ1v) is 5.79. The summed E-state index contributed by atoms with van der Waals surface area (Å²) in [5, 5.41) is 3.42. The summed E-state index contributed by atoms with van der Waals surface area (Å²) in [5.41, 5.74) is 0.937. The van der Waals surface area contributed by atoms with E-state index in [1.54, 1.807) is 12.1 Å². The van der Waals surface area contributed by atoms with E-state index in [0.29, 0.717) is 5.92 Å². The molecule has 1 aliphatic heterocycles. The summed E-state index contributed by atoms with van der Waals surface area (Å²) in [6, 6.07) is 7.26. The molecule has 1 N–H and O–H groups in total. The Morgan fingerprint density at radius 1 is 1.06 bits per heavy atom. The van der Waals surface area contributed by atoms with Gasteiger partial charge in [0, 0.05) is 0 Å². The van der Waals surface area contributed by atoms with Gasteiger partial charge in [-0.2, -0.15) is 0 Å². The molecule has 88 valence electrons. The minimum Gasteiger partial charge on any atom is -0.316 e. The molecule has 1 aliphatic carbocycles. The molecular weight excluding hydrogens is 225 g/mol. The van der Waals surface area contributed by atoms with Crippen LogP contribution in [0.1, 0.15) is 24.3 Å². The topological polar surface area (TPSA) is 12.0 Å². The van der Waals surface area contributed by atoms with Crippen LogP contribution >= 0.6 is 12.4 Å². The maximum atomic E-state index is 13.6. The highest BCUT2D eigenvalue weighted by atomic mass is 35.5. The summed E-state index contributed by atoms with van der Waals surface area (Å²) < 4.78 is 13.6. The molecule has 0 spiro atoms. The summed E-state index contributed by atoms with van der Waals surface area (Å²) in [6.45, 7) is 2.27. The summed E-state index contributed by atoms with van der Waals surface area (Å²) in [4.78, 5) is 0. The molecule has 3 atom stereocenters. The molecule has 1 unspecified atom stereocenters. The van der Waals surface area contributed by atoms with Gasteiger partial charge in [0.2, 0.25) is 0 Å². The molecule has 1 saturated heterocycles. The zero-order valence-electron chi connectivity index (χ0n) is 9.16. The lowest BCUT2D eigenvalue weighted by Gasteiger charge is -2.12. The molecule has 1 nitrogen and oxygen atoms in total. The van der Waals surface area contributed by atoms with Crippen LogP contribution in [0.2, 0.25) is 0 Å². The minimum absolute atomic E-state index is 0. The van der Waals surface area contributed by atoms with Crippen molar-refractivity contribution < 1.29 is 4.39 Å². The predicted octanol–water partition coefficient (Wildman–Crippen LogP) is 2.96. The zero-order chi connectivity index (χ0) is 10.3. The van der Waals surface area contributed by atoms with Gasteiger partial charge in [0.15, 0.2) is 0 Å². The van der Waals surface area contributed by atoms with Crippen LogP contribution < -0.4 is 5.32 Å². The first-order chi connectivity index (χ1) is 7.34. The second kappa shape index (κ2) is 4.72. The van der Waals surface area contributed by atoms with Gasteiger partial charge in [-0.25, -0.2) is 4.39 Å². The van der Waals surface area contributed by atoms with Crippen molar-refractivity contribution in [2.45, 2.75) is 18.8 Å². The maximum Gasteiger partial charge on any atom is 0.126 e. The SMILES string of the molecule is Cl.Fc1ccccc1[C@H]1CC2CNC[C@H]2C1. The average molecular weight is 242 g/mol. The lowest BCUT2D eigenvalue weighted by Crippen LogP contribution is -2.11. The number of hydrogen-bond acceptors (Lipinski definition) is 1. The van der Waals surface area contributed by atoms with Crippen molar-refractivity contribution in [3.63, 3.8) is 0 Å². The van der Waals surface area contributed by atoms with Gasteiger partial charge >= 0.3 is 0 Å². The number of nitrogens with one attached hydrogen (secondary N) is 1. The van der Waals surface area contributed by atoms with Crippen LogP contribution in [-0.2, 0) is 0 Å². The van der Waals surface area contributed by atoms with Gasteiger partial charge in [0.25, 0.3) is 0 Å². The molecule has 1 aromatic rings. The lowest BCUT2D eigenvalue weighted by molar-refractivity contribution is 0.494. The second-order valence-corrected chi connectivity index (χ2v) is 4.87. The summed E-state index contributed by atoms with van der Waals surface area (Å²) in [7, 11) is 0. The molecule has 3 heteroatoms. The summed E-state index contributed by atoms with van der Waals surface area (Å²) in [6.07, 6.45) is 2.33.